The van der Waals surface area contributed by atoms with Gasteiger partial charge < -0.3 is 10.4 Å². The van der Waals surface area contributed by atoms with Crippen LogP contribution in [0.3, 0.4) is 0 Å². The number of nitrogens with one attached hydrogen (secondary N) is 1. The molecule has 0 unspecified atom stereocenters. The minimum atomic E-state index is -0.982. The lowest BCUT2D eigenvalue weighted by atomic mass is 9.84. The molecule has 0 spiro atoms. The van der Waals surface area contributed by atoms with Gasteiger partial charge in [0.2, 0.25) is 0 Å². The molecule has 0 radical (unpaired) electrons. The lowest BCUT2D eigenvalue weighted by Crippen LogP contribution is -2.46. The fourth-order valence-electron chi connectivity index (χ4n) is 2.48. The zero-order valence-corrected chi connectivity index (χ0v) is 10.6. The van der Waals surface area contributed by atoms with E-state index in [1.165, 1.54) is 18.6 Å². The Kier molecular flexibility index (Phi) is 4.43. The maximum absolute atomic E-state index is 11.9. The third-order valence-corrected chi connectivity index (χ3v) is 3.47. The van der Waals surface area contributed by atoms with Gasteiger partial charge in [-0.05, 0) is 18.8 Å². The van der Waals surface area contributed by atoms with Crippen LogP contribution in [0.1, 0.15) is 42.6 Å². The Labute approximate surface area is 111 Å². The summed E-state index contributed by atoms with van der Waals surface area (Å²) in [6.07, 6.45) is 9.08. The fourth-order valence-corrected chi connectivity index (χ4v) is 2.48. The summed E-state index contributed by atoms with van der Waals surface area (Å²) in [7, 11) is 0. The third-order valence-electron chi connectivity index (χ3n) is 3.47. The number of carbonyl (C=O) groups is 2. The number of aliphatic carboxylic acids is 1. The molecule has 1 saturated carbocycles. The lowest BCUT2D eigenvalue weighted by molar-refractivity contribution is -0.141. The van der Waals surface area contributed by atoms with Crippen molar-refractivity contribution in [2.24, 2.45) is 5.92 Å². The van der Waals surface area contributed by atoms with E-state index in [9.17, 15) is 14.7 Å². The van der Waals surface area contributed by atoms with E-state index in [0.29, 0.717) is 0 Å². The molecule has 0 saturated heterocycles. The van der Waals surface area contributed by atoms with Gasteiger partial charge in [0.1, 0.15) is 11.7 Å². The van der Waals surface area contributed by atoms with Gasteiger partial charge in [-0.15, -0.1) is 0 Å². The Balaban J connectivity index is 2.04. The average Bonchev–Trinajstić information content (AvgIpc) is 2.46. The van der Waals surface area contributed by atoms with E-state index in [2.05, 4.69) is 15.3 Å². The van der Waals surface area contributed by atoms with Crippen LogP contribution in [0.2, 0.25) is 0 Å². The van der Waals surface area contributed by atoms with Crippen molar-refractivity contribution >= 4 is 11.9 Å². The number of carboxylic acid groups (broad SMARTS) is 1. The standard InChI is InChI=1S/C13H17N3O3/c17-12(10-8-14-6-7-15-10)16-11(13(18)19)9-4-2-1-3-5-9/h6-9,11H,1-5H2,(H,16,17)(H,18,19)/t11-/m0/s1. The molecule has 1 aliphatic carbocycles. The second kappa shape index (κ2) is 6.26. The van der Waals surface area contributed by atoms with Gasteiger partial charge in [0, 0.05) is 12.4 Å². The highest BCUT2D eigenvalue weighted by Crippen LogP contribution is 2.26. The van der Waals surface area contributed by atoms with Gasteiger partial charge in [-0.1, -0.05) is 19.3 Å². The molecule has 0 aliphatic heterocycles. The maximum atomic E-state index is 11.9. The monoisotopic (exact) mass is 263 g/mol. The predicted molar refractivity (Wildman–Crippen MR) is 67.5 cm³/mol. The molecule has 1 aliphatic rings. The van der Waals surface area contributed by atoms with Crippen LogP contribution < -0.4 is 5.32 Å². The first kappa shape index (κ1) is 13.5. The van der Waals surface area contributed by atoms with Crippen LogP contribution in [-0.4, -0.2) is 33.0 Å². The van der Waals surface area contributed by atoms with Gasteiger partial charge in [-0.2, -0.15) is 0 Å². The number of amides is 1. The third kappa shape index (κ3) is 3.49. The summed E-state index contributed by atoms with van der Waals surface area (Å²) in [5.41, 5.74) is 0.143. The van der Waals surface area contributed by atoms with E-state index < -0.39 is 17.9 Å². The summed E-state index contributed by atoms with van der Waals surface area (Å²) in [4.78, 5) is 30.9. The molecule has 1 amide bonds. The largest absolute Gasteiger partial charge is 0.480 e. The highest BCUT2D eigenvalue weighted by molar-refractivity contribution is 5.94. The molecule has 2 rings (SSSR count). The van der Waals surface area contributed by atoms with E-state index >= 15 is 0 Å². The first-order valence-electron chi connectivity index (χ1n) is 6.48. The van der Waals surface area contributed by atoms with Crippen molar-refractivity contribution in [2.75, 3.05) is 0 Å². The molecule has 1 atom stereocenters. The highest BCUT2D eigenvalue weighted by atomic mass is 16.4. The van der Waals surface area contributed by atoms with Gasteiger partial charge in [0.15, 0.2) is 0 Å². The van der Waals surface area contributed by atoms with Crippen LogP contribution in [0.25, 0.3) is 0 Å². The van der Waals surface area contributed by atoms with Gasteiger partial charge in [0.05, 0.1) is 6.20 Å². The quantitative estimate of drug-likeness (QED) is 0.852. The summed E-state index contributed by atoms with van der Waals surface area (Å²) in [5.74, 6) is -1.46. The molecule has 1 aromatic heterocycles. The smallest absolute Gasteiger partial charge is 0.326 e. The van der Waals surface area contributed by atoms with Crippen molar-refractivity contribution in [1.82, 2.24) is 15.3 Å². The molecule has 2 N–H and O–H groups in total. The Morgan fingerprint density at radius 1 is 1.26 bits per heavy atom. The van der Waals surface area contributed by atoms with Crippen molar-refractivity contribution in [2.45, 2.75) is 38.1 Å². The number of carboxylic acids is 1. The predicted octanol–water partition coefficient (Wildman–Crippen LogP) is 1.24. The topological polar surface area (TPSA) is 92.2 Å². The fraction of sp³-hybridized carbons (Fsp3) is 0.538. The van der Waals surface area contributed by atoms with Gasteiger partial charge in [-0.25, -0.2) is 9.78 Å². The normalized spacial score (nSPS) is 17.7. The van der Waals surface area contributed by atoms with E-state index in [1.807, 2.05) is 0 Å². The molecule has 0 aromatic carbocycles. The molecular weight excluding hydrogens is 246 g/mol. The first-order valence-corrected chi connectivity index (χ1v) is 6.48. The molecular formula is C13H17N3O3. The van der Waals surface area contributed by atoms with Crippen LogP contribution >= 0.6 is 0 Å². The Morgan fingerprint density at radius 3 is 2.58 bits per heavy atom. The number of rotatable bonds is 4. The molecule has 1 aromatic rings. The van der Waals surface area contributed by atoms with E-state index in [1.54, 1.807) is 0 Å². The second-order valence-corrected chi connectivity index (χ2v) is 4.78. The van der Waals surface area contributed by atoms with Crippen molar-refractivity contribution in [1.29, 1.82) is 0 Å². The summed E-state index contributed by atoms with van der Waals surface area (Å²) >= 11 is 0. The zero-order valence-electron chi connectivity index (χ0n) is 10.6. The van der Waals surface area contributed by atoms with Crippen LogP contribution in [0.4, 0.5) is 0 Å². The summed E-state index contributed by atoms with van der Waals surface area (Å²) in [6.45, 7) is 0. The van der Waals surface area contributed by atoms with Crippen molar-refractivity contribution in [3.8, 4) is 0 Å². The molecule has 19 heavy (non-hydrogen) atoms. The van der Waals surface area contributed by atoms with Gasteiger partial charge >= 0.3 is 5.97 Å². The van der Waals surface area contributed by atoms with Gasteiger partial charge in [-0.3, -0.25) is 9.78 Å². The summed E-state index contributed by atoms with van der Waals surface area (Å²) in [5, 5.41) is 11.8. The van der Waals surface area contributed by atoms with Crippen LogP contribution in [0, 0.1) is 5.92 Å². The molecule has 6 nitrogen and oxygen atoms in total. The van der Waals surface area contributed by atoms with Crippen molar-refractivity contribution in [3.63, 3.8) is 0 Å². The minimum absolute atomic E-state index is 0.00636. The number of nitrogens with zero attached hydrogens (tertiary/aromatic N) is 2. The molecule has 0 bridgehead atoms. The number of carbonyl (C=O) groups excluding carboxylic acids is 1. The van der Waals surface area contributed by atoms with E-state index in [4.69, 9.17) is 0 Å². The van der Waals surface area contributed by atoms with Crippen LogP contribution in [0.15, 0.2) is 18.6 Å². The summed E-state index contributed by atoms with van der Waals surface area (Å²) in [6, 6.07) is -0.838. The first-order chi connectivity index (χ1) is 9.18. The van der Waals surface area contributed by atoms with Gasteiger partial charge in [0.25, 0.3) is 5.91 Å². The van der Waals surface area contributed by atoms with Crippen LogP contribution in [0.5, 0.6) is 0 Å². The Bertz CT molecular complexity index is 444. The van der Waals surface area contributed by atoms with Crippen molar-refractivity contribution < 1.29 is 14.7 Å². The number of hydrogen-bond acceptors (Lipinski definition) is 4. The summed E-state index contributed by atoms with van der Waals surface area (Å²) < 4.78 is 0. The highest BCUT2D eigenvalue weighted by Gasteiger charge is 2.31. The zero-order chi connectivity index (χ0) is 13.7. The van der Waals surface area contributed by atoms with Crippen LogP contribution in [-0.2, 0) is 4.79 Å². The second-order valence-electron chi connectivity index (χ2n) is 4.78. The lowest BCUT2D eigenvalue weighted by Gasteiger charge is -2.27. The molecule has 1 fully saturated rings. The molecule has 6 heteroatoms. The molecule has 102 valence electrons. The van der Waals surface area contributed by atoms with E-state index in [0.717, 1.165) is 32.1 Å². The maximum Gasteiger partial charge on any atom is 0.326 e. The van der Waals surface area contributed by atoms with Crippen molar-refractivity contribution in [3.05, 3.63) is 24.3 Å². The average molecular weight is 263 g/mol. The number of aromatic nitrogens is 2. The van der Waals surface area contributed by atoms with E-state index in [-0.39, 0.29) is 11.6 Å². The number of hydrogen-bond donors (Lipinski definition) is 2. The SMILES string of the molecule is O=C(N[C@H](C(=O)O)C1CCCCC1)c1cnccn1. The Morgan fingerprint density at radius 2 is 2.00 bits per heavy atom. The molecule has 1 heterocycles. The Hall–Kier alpha value is -1.98. The minimum Gasteiger partial charge on any atom is -0.480 e.